The van der Waals surface area contributed by atoms with Gasteiger partial charge in [0, 0.05) is 13.5 Å². The zero-order valence-corrected chi connectivity index (χ0v) is 15.8. The predicted molar refractivity (Wildman–Crippen MR) is 91.9 cm³/mol. The van der Waals surface area contributed by atoms with Gasteiger partial charge in [0.1, 0.15) is 5.60 Å². The molecule has 2 atom stereocenters. The van der Waals surface area contributed by atoms with Crippen LogP contribution < -0.4 is 0 Å². The number of hydrogen-bond donors (Lipinski definition) is 0. The molecule has 142 valence electrons. The predicted octanol–water partition coefficient (Wildman–Crippen LogP) is 2.83. The Kier molecular flexibility index (Phi) is 7.45. The van der Waals surface area contributed by atoms with Crippen molar-refractivity contribution in [2.45, 2.75) is 71.1 Å². The molecule has 7 nitrogen and oxygen atoms in total. The van der Waals surface area contributed by atoms with Gasteiger partial charge in [0.15, 0.2) is 6.10 Å². The third-order valence-electron chi connectivity index (χ3n) is 3.86. The van der Waals surface area contributed by atoms with Crippen LogP contribution in [0.1, 0.15) is 53.4 Å². The monoisotopic (exact) mass is 355 g/mol. The number of rotatable bonds is 4. The first-order valence-corrected chi connectivity index (χ1v) is 8.50. The standard InChI is InChI=1S/C18H29NO6/c1-12(16(21)23-6)15(24-13(2)20)14-10-8-7-9-11-19(14)17(22)25-18(3,4)5/h14-15H,1,7-11H2,2-6H3. The van der Waals surface area contributed by atoms with E-state index in [0.29, 0.717) is 13.0 Å². The number of carbonyl (C=O) groups is 3. The molecule has 0 radical (unpaired) electrons. The van der Waals surface area contributed by atoms with E-state index in [1.807, 2.05) is 0 Å². The van der Waals surface area contributed by atoms with Gasteiger partial charge < -0.3 is 19.1 Å². The molecular formula is C18H29NO6. The van der Waals surface area contributed by atoms with Crippen LogP contribution in [0.15, 0.2) is 12.2 Å². The number of amides is 1. The summed E-state index contributed by atoms with van der Waals surface area (Å²) in [6.07, 6.45) is 1.72. The van der Waals surface area contributed by atoms with Crippen LogP contribution in [0, 0.1) is 0 Å². The minimum atomic E-state index is -0.962. The molecule has 2 unspecified atom stereocenters. The highest BCUT2D eigenvalue weighted by Gasteiger charge is 2.39. The summed E-state index contributed by atoms with van der Waals surface area (Å²) in [5, 5.41) is 0. The summed E-state index contributed by atoms with van der Waals surface area (Å²) in [6, 6.07) is -0.521. The van der Waals surface area contributed by atoms with E-state index < -0.39 is 35.8 Å². The van der Waals surface area contributed by atoms with E-state index in [-0.39, 0.29) is 5.57 Å². The lowest BCUT2D eigenvalue weighted by molar-refractivity contribution is -0.150. The Balaban J connectivity index is 3.15. The van der Waals surface area contributed by atoms with Crippen LogP contribution in [0.3, 0.4) is 0 Å². The minimum absolute atomic E-state index is 0.0122. The molecule has 1 heterocycles. The highest BCUT2D eigenvalue weighted by molar-refractivity contribution is 5.89. The summed E-state index contributed by atoms with van der Waals surface area (Å²) in [6.45, 7) is 10.8. The van der Waals surface area contributed by atoms with Crippen molar-refractivity contribution in [1.29, 1.82) is 0 Å². The molecule has 1 rings (SSSR count). The second kappa shape index (κ2) is 8.87. The fourth-order valence-electron chi connectivity index (χ4n) is 2.80. The van der Waals surface area contributed by atoms with Gasteiger partial charge in [-0.1, -0.05) is 19.4 Å². The van der Waals surface area contributed by atoms with E-state index in [0.717, 1.165) is 19.3 Å². The Bertz CT molecular complexity index is 522. The zero-order valence-electron chi connectivity index (χ0n) is 15.8. The molecule has 25 heavy (non-hydrogen) atoms. The van der Waals surface area contributed by atoms with Crippen molar-refractivity contribution in [3.63, 3.8) is 0 Å². The van der Waals surface area contributed by atoms with Gasteiger partial charge in [-0.3, -0.25) is 4.79 Å². The van der Waals surface area contributed by atoms with E-state index >= 15 is 0 Å². The van der Waals surface area contributed by atoms with Crippen molar-refractivity contribution in [2.75, 3.05) is 13.7 Å². The van der Waals surface area contributed by atoms with Gasteiger partial charge in [-0.25, -0.2) is 9.59 Å². The summed E-state index contributed by atoms with van der Waals surface area (Å²) >= 11 is 0. The fourth-order valence-corrected chi connectivity index (χ4v) is 2.80. The summed E-state index contributed by atoms with van der Waals surface area (Å²) in [7, 11) is 1.23. The van der Waals surface area contributed by atoms with Crippen LogP contribution >= 0.6 is 0 Å². The number of carbonyl (C=O) groups excluding carboxylic acids is 3. The summed E-state index contributed by atoms with van der Waals surface area (Å²) in [5.41, 5.74) is -0.636. The van der Waals surface area contributed by atoms with Gasteiger partial charge in [0.2, 0.25) is 0 Å². The summed E-state index contributed by atoms with van der Waals surface area (Å²) in [5.74, 6) is -1.22. The molecular weight excluding hydrogens is 326 g/mol. The lowest BCUT2D eigenvalue weighted by Gasteiger charge is -2.36. The molecule has 0 aromatic heterocycles. The van der Waals surface area contributed by atoms with Crippen LogP contribution in [0.25, 0.3) is 0 Å². The lowest BCUT2D eigenvalue weighted by Crippen LogP contribution is -2.51. The molecule has 0 aliphatic carbocycles. The van der Waals surface area contributed by atoms with Gasteiger partial charge in [-0.2, -0.15) is 0 Å². The number of esters is 2. The Morgan fingerprint density at radius 3 is 2.32 bits per heavy atom. The molecule has 1 amide bonds. The number of likely N-dealkylation sites (tertiary alicyclic amines) is 1. The molecule has 0 saturated carbocycles. The number of ether oxygens (including phenoxy) is 3. The fraction of sp³-hybridized carbons (Fsp3) is 0.722. The summed E-state index contributed by atoms with van der Waals surface area (Å²) in [4.78, 5) is 37.7. The second-order valence-corrected chi connectivity index (χ2v) is 7.14. The quantitative estimate of drug-likeness (QED) is 0.438. The molecule has 1 fully saturated rings. The highest BCUT2D eigenvalue weighted by atomic mass is 16.6. The molecule has 7 heteroatoms. The Morgan fingerprint density at radius 2 is 1.80 bits per heavy atom. The van der Waals surface area contributed by atoms with Crippen molar-refractivity contribution >= 4 is 18.0 Å². The molecule has 0 spiro atoms. The average molecular weight is 355 g/mol. The number of hydrogen-bond acceptors (Lipinski definition) is 6. The Labute approximate surface area is 149 Å². The SMILES string of the molecule is C=C(C(=O)OC)C(OC(C)=O)C1CCCCCN1C(=O)OC(C)(C)C. The van der Waals surface area contributed by atoms with E-state index in [1.54, 1.807) is 25.7 Å². The molecule has 1 saturated heterocycles. The Morgan fingerprint density at radius 1 is 1.16 bits per heavy atom. The van der Waals surface area contributed by atoms with Gasteiger partial charge in [0.25, 0.3) is 0 Å². The number of methoxy groups -OCH3 is 1. The molecule has 1 aliphatic heterocycles. The maximum atomic E-state index is 12.6. The van der Waals surface area contributed by atoms with Gasteiger partial charge in [-0.15, -0.1) is 0 Å². The lowest BCUT2D eigenvalue weighted by atomic mass is 9.98. The van der Waals surface area contributed by atoms with Crippen molar-refractivity contribution < 1.29 is 28.6 Å². The van der Waals surface area contributed by atoms with Crippen LogP contribution in [0.2, 0.25) is 0 Å². The van der Waals surface area contributed by atoms with E-state index in [9.17, 15) is 14.4 Å². The average Bonchev–Trinajstić information content (AvgIpc) is 2.75. The molecule has 0 aromatic rings. The first-order chi connectivity index (χ1) is 11.6. The molecule has 0 bridgehead atoms. The third kappa shape index (κ3) is 6.40. The summed E-state index contributed by atoms with van der Waals surface area (Å²) < 4.78 is 15.5. The molecule has 0 aromatic carbocycles. The van der Waals surface area contributed by atoms with Crippen molar-refractivity contribution in [3.8, 4) is 0 Å². The maximum absolute atomic E-state index is 12.6. The topological polar surface area (TPSA) is 82.1 Å². The van der Waals surface area contributed by atoms with E-state index in [4.69, 9.17) is 14.2 Å². The first-order valence-electron chi connectivity index (χ1n) is 8.50. The smallest absolute Gasteiger partial charge is 0.410 e. The number of nitrogens with zero attached hydrogens (tertiary/aromatic N) is 1. The van der Waals surface area contributed by atoms with Crippen LogP contribution in [-0.4, -0.2) is 54.3 Å². The van der Waals surface area contributed by atoms with Gasteiger partial charge >= 0.3 is 18.0 Å². The third-order valence-corrected chi connectivity index (χ3v) is 3.86. The molecule has 0 N–H and O–H groups in total. The largest absolute Gasteiger partial charge is 0.466 e. The van der Waals surface area contributed by atoms with Crippen LogP contribution in [0.5, 0.6) is 0 Å². The molecule has 1 aliphatic rings. The maximum Gasteiger partial charge on any atom is 0.410 e. The van der Waals surface area contributed by atoms with Crippen molar-refractivity contribution in [3.05, 3.63) is 12.2 Å². The highest BCUT2D eigenvalue weighted by Crippen LogP contribution is 2.27. The normalized spacial score (nSPS) is 19.4. The van der Waals surface area contributed by atoms with Gasteiger partial charge in [-0.05, 0) is 33.6 Å². The Hall–Kier alpha value is -2.05. The van der Waals surface area contributed by atoms with E-state index in [2.05, 4.69) is 6.58 Å². The zero-order chi connectivity index (χ0) is 19.2. The minimum Gasteiger partial charge on any atom is -0.466 e. The van der Waals surface area contributed by atoms with Crippen LogP contribution in [-0.2, 0) is 23.8 Å². The first kappa shape index (κ1) is 21.0. The van der Waals surface area contributed by atoms with Crippen molar-refractivity contribution in [2.24, 2.45) is 0 Å². The van der Waals surface area contributed by atoms with Gasteiger partial charge in [0.05, 0.1) is 18.7 Å². The van der Waals surface area contributed by atoms with E-state index in [1.165, 1.54) is 14.0 Å². The van der Waals surface area contributed by atoms with Crippen molar-refractivity contribution in [1.82, 2.24) is 4.90 Å². The second-order valence-electron chi connectivity index (χ2n) is 7.14. The van der Waals surface area contributed by atoms with Crippen LogP contribution in [0.4, 0.5) is 4.79 Å².